The number of likely N-dealkylation sites (tertiary alicyclic amines) is 1. The van der Waals surface area contributed by atoms with E-state index < -0.39 is 29.3 Å². The van der Waals surface area contributed by atoms with Gasteiger partial charge in [-0.1, -0.05) is 18.7 Å². The Balaban J connectivity index is 1.68. The van der Waals surface area contributed by atoms with E-state index in [0.717, 1.165) is 11.1 Å². The van der Waals surface area contributed by atoms with Crippen LogP contribution in [0.4, 0.5) is 4.79 Å². The fraction of sp³-hybridized carbons (Fsp3) is 0.500. The van der Waals surface area contributed by atoms with Crippen molar-refractivity contribution in [2.75, 3.05) is 13.2 Å². The van der Waals surface area contributed by atoms with Gasteiger partial charge in [0, 0.05) is 18.5 Å². The summed E-state index contributed by atoms with van der Waals surface area (Å²) in [5.41, 5.74) is -0.582. The zero-order valence-electron chi connectivity index (χ0n) is 14.8. The number of benzene rings is 1. The van der Waals surface area contributed by atoms with Crippen LogP contribution < -0.4 is 4.74 Å². The van der Waals surface area contributed by atoms with Crippen LogP contribution in [0, 0.1) is 0 Å². The standard InChI is InChI=1S/C20H21NO6/c1-2-9-26-18(24)21-8-7-19-15-11-3-4-12(22)16(15)27-17(19)13(23)5-6-20(19,25)14(21)10-11/h2-4,14,17,22,25H,1,5-10H2. The molecule has 2 aliphatic heterocycles. The van der Waals surface area contributed by atoms with E-state index in [0.29, 0.717) is 25.1 Å². The lowest BCUT2D eigenvalue weighted by Gasteiger charge is -2.61. The fourth-order valence-electron chi connectivity index (χ4n) is 5.76. The number of carbonyl (C=O) groups is 2. The van der Waals surface area contributed by atoms with Crippen LogP contribution in [0.2, 0.25) is 0 Å². The highest BCUT2D eigenvalue weighted by Crippen LogP contribution is 2.64. The second kappa shape index (κ2) is 5.25. The Morgan fingerprint density at radius 3 is 3.04 bits per heavy atom. The van der Waals surface area contributed by atoms with Gasteiger partial charge in [-0.2, -0.15) is 0 Å². The normalized spacial score (nSPS) is 35.3. The van der Waals surface area contributed by atoms with Crippen LogP contribution in [0.25, 0.3) is 0 Å². The van der Waals surface area contributed by atoms with E-state index in [1.54, 1.807) is 17.0 Å². The Hall–Kier alpha value is -2.54. The highest BCUT2D eigenvalue weighted by molar-refractivity contribution is 5.90. The third kappa shape index (κ3) is 1.80. The second-order valence-corrected chi connectivity index (χ2v) is 7.84. The molecule has 5 rings (SSSR count). The molecule has 2 fully saturated rings. The number of carbonyl (C=O) groups excluding carboxylic acids is 2. The van der Waals surface area contributed by atoms with Gasteiger partial charge >= 0.3 is 6.09 Å². The molecule has 2 N–H and O–H groups in total. The molecule has 0 aromatic heterocycles. The molecule has 142 valence electrons. The van der Waals surface area contributed by atoms with Gasteiger partial charge in [0.1, 0.15) is 6.61 Å². The Bertz CT molecular complexity index is 881. The average Bonchev–Trinajstić information content (AvgIpc) is 3.00. The first-order chi connectivity index (χ1) is 12.9. The number of rotatable bonds is 2. The van der Waals surface area contributed by atoms with E-state index in [1.807, 2.05) is 0 Å². The highest BCUT2D eigenvalue weighted by atomic mass is 16.6. The van der Waals surface area contributed by atoms with Gasteiger partial charge in [-0.05, 0) is 30.9 Å². The fourth-order valence-corrected chi connectivity index (χ4v) is 5.76. The van der Waals surface area contributed by atoms with E-state index in [2.05, 4.69) is 6.58 Å². The lowest BCUT2D eigenvalue weighted by atomic mass is 9.49. The molecule has 7 heteroatoms. The first kappa shape index (κ1) is 16.6. The number of aromatic hydroxyl groups is 1. The zero-order valence-corrected chi connectivity index (χ0v) is 14.8. The number of ether oxygens (including phenoxy) is 2. The molecule has 1 saturated carbocycles. The lowest BCUT2D eigenvalue weighted by Crippen LogP contribution is -2.77. The number of hydrogen-bond donors (Lipinski definition) is 2. The van der Waals surface area contributed by atoms with E-state index in [1.165, 1.54) is 6.08 Å². The van der Waals surface area contributed by atoms with Gasteiger partial charge in [0.15, 0.2) is 23.4 Å². The summed E-state index contributed by atoms with van der Waals surface area (Å²) < 4.78 is 11.2. The third-order valence-electron chi connectivity index (χ3n) is 6.82. The topological polar surface area (TPSA) is 96.3 Å². The predicted octanol–water partition coefficient (Wildman–Crippen LogP) is 1.44. The van der Waals surface area contributed by atoms with Gasteiger partial charge in [-0.25, -0.2) is 4.79 Å². The maximum absolute atomic E-state index is 12.7. The summed E-state index contributed by atoms with van der Waals surface area (Å²) in [6, 6.07) is 2.84. The van der Waals surface area contributed by atoms with Crippen LogP contribution in [-0.2, 0) is 21.4 Å². The van der Waals surface area contributed by atoms with Crippen molar-refractivity contribution in [1.82, 2.24) is 4.90 Å². The van der Waals surface area contributed by atoms with Crippen molar-refractivity contribution in [1.29, 1.82) is 0 Å². The summed E-state index contributed by atoms with van der Waals surface area (Å²) >= 11 is 0. The average molecular weight is 371 g/mol. The molecule has 4 unspecified atom stereocenters. The van der Waals surface area contributed by atoms with Crippen molar-refractivity contribution >= 4 is 11.9 Å². The van der Waals surface area contributed by atoms with Crippen molar-refractivity contribution in [3.05, 3.63) is 35.9 Å². The molecule has 1 saturated heterocycles. The first-order valence-electron chi connectivity index (χ1n) is 9.25. The molecule has 1 amide bonds. The summed E-state index contributed by atoms with van der Waals surface area (Å²) in [6.07, 6.45) is 1.43. The number of nitrogens with zero attached hydrogens (tertiary/aromatic N) is 1. The van der Waals surface area contributed by atoms with Gasteiger partial charge in [-0.3, -0.25) is 4.79 Å². The number of phenols is 1. The van der Waals surface area contributed by atoms with Gasteiger partial charge in [-0.15, -0.1) is 0 Å². The Labute approximate surface area is 156 Å². The van der Waals surface area contributed by atoms with Gasteiger partial charge in [0.05, 0.1) is 17.1 Å². The smallest absolute Gasteiger partial charge is 0.410 e. The summed E-state index contributed by atoms with van der Waals surface area (Å²) in [5, 5.41) is 22.2. The molecule has 1 aromatic rings. The van der Waals surface area contributed by atoms with Crippen LogP contribution >= 0.6 is 0 Å². The van der Waals surface area contributed by atoms with Crippen molar-refractivity contribution in [3.63, 3.8) is 0 Å². The minimum atomic E-state index is -1.30. The van der Waals surface area contributed by atoms with E-state index in [9.17, 15) is 19.8 Å². The number of piperidine rings is 1. The number of Topliss-reactive ketones (excluding diaryl/α,β-unsaturated/α-hetero) is 1. The van der Waals surface area contributed by atoms with Crippen molar-refractivity contribution < 1.29 is 29.3 Å². The molecule has 2 aliphatic carbocycles. The van der Waals surface area contributed by atoms with Gasteiger partial charge < -0.3 is 24.6 Å². The minimum Gasteiger partial charge on any atom is -0.504 e. The highest BCUT2D eigenvalue weighted by Gasteiger charge is 2.73. The van der Waals surface area contributed by atoms with Crippen molar-refractivity contribution in [2.24, 2.45) is 0 Å². The number of phenolic OH excluding ortho intramolecular Hbond substituents is 1. The van der Waals surface area contributed by atoms with E-state index in [-0.39, 0.29) is 31.0 Å². The minimum absolute atomic E-state index is 0.0149. The Morgan fingerprint density at radius 2 is 2.26 bits per heavy atom. The molecular formula is C20H21NO6. The molecule has 4 aliphatic rings. The van der Waals surface area contributed by atoms with E-state index in [4.69, 9.17) is 9.47 Å². The molecule has 1 spiro atoms. The number of aliphatic hydroxyl groups is 1. The number of hydrogen-bond acceptors (Lipinski definition) is 6. The van der Waals surface area contributed by atoms with Crippen molar-refractivity contribution in [3.8, 4) is 11.5 Å². The van der Waals surface area contributed by atoms with Crippen LogP contribution in [0.5, 0.6) is 11.5 Å². The van der Waals surface area contributed by atoms with E-state index >= 15 is 0 Å². The number of ketones is 1. The lowest BCUT2D eigenvalue weighted by molar-refractivity contribution is -0.183. The molecular weight excluding hydrogens is 350 g/mol. The molecule has 2 bridgehead atoms. The third-order valence-corrected chi connectivity index (χ3v) is 6.82. The SMILES string of the molecule is C=CCOC(=O)N1CCC23c4c5ccc(O)c4OC2C(=O)CCC3(O)C1C5. The van der Waals surface area contributed by atoms with Crippen LogP contribution in [-0.4, -0.2) is 57.9 Å². The van der Waals surface area contributed by atoms with Crippen LogP contribution in [0.3, 0.4) is 0 Å². The maximum Gasteiger partial charge on any atom is 0.410 e. The van der Waals surface area contributed by atoms with Gasteiger partial charge in [0.2, 0.25) is 0 Å². The summed E-state index contributed by atoms with van der Waals surface area (Å²) in [5.74, 6) is 0.232. The first-order valence-corrected chi connectivity index (χ1v) is 9.25. The quantitative estimate of drug-likeness (QED) is 0.764. The zero-order chi connectivity index (χ0) is 19.0. The Morgan fingerprint density at radius 1 is 1.44 bits per heavy atom. The monoisotopic (exact) mass is 371 g/mol. The van der Waals surface area contributed by atoms with Crippen LogP contribution in [0.15, 0.2) is 24.8 Å². The molecule has 1 aromatic carbocycles. The maximum atomic E-state index is 12.7. The molecule has 2 heterocycles. The molecule has 0 radical (unpaired) electrons. The summed E-state index contributed by atoms with van der Waals surface area (Å²) in [7, 11) is 0. The summed E-state index contributed by atoms with van der Waals surface area (Å²) in [4.78, 5) is 26.9. The predicted molar refractivity (Wildman–Crippen MR) is 93.8 cm³/mol. The van der Waals surface area contributed by atoms with Gasteiger partial charge in [0.25, 0.3) is 0 Å². The van der Waals surface area contributed by atoms with Crippen LogP contribution in [0.1, 0.15) is 30.4 Å². The Kier molecular flexibility index (Phi) is 3.23. The number of amides is 1. The second-order valence-electron chi connectivity index (χ2n) is 7.84. The van der Waals surface area contributed by atoms with Crippen molar-refractivity contribution in [2.45, 2.75) is 48.8 Å². The molecule has 4 atom stereocenters. The molecule has 27 heavy (non-hydrogen) atoms. The summed E-state index contributed by atoms with van der Waals surface area (Å²) in [6.45, 7) is 4.01. The molecule has 7 nitrogen and oxygen atoms in total. The largest absolute Gasteiger partial charge is 0.504 e.